The number of hydrogen-bond donors (Lipinski definition) is 1. The molecule has 0 bridgehead atoms. The van der Waals surface area contributed by atoms with Gasteiger partial charge in [-0.2, -0.15) is 0 Å². The normalized spacial score (nSPS) is 10.7. The van der Waals surface area contributed by atoms with Crippen LogP contribution < -0.4 is 14.8 Å². The first-order valence-electron chi connectivity index (χ1n) is 9.66. The van der Waals surface area contributed by atoms with Crippen molar-refractivity contribution in [3.8, 4) is 11.5 Å². The molecule has 0 saturated carbocycles. The van der Waals surface area contributed by atoms with Crippen molar-refractivity contribution < 1.29 is 14.3 Å². The predicted molar refractivity (Wildman–Crippen MR) is 111 cm³/mol. The zero-order chi connectivity index (χ0) is 19.3. The monoisotopic (exact) mass is 367 g/mol. The quantitative estimate of drug-likeness (QED) is 0.409. The molecule has 27 heavy (non-hydrogen) atoms. The lowest BCUT2D eigenvalue weighted by molar-refractivity contribution is -0.111. The Balaban J connectivity index is 1.90. The number of para-hydroxylation sites is 1. The number of carbonyl (C=O) groups excluding carboxylic acids is 1. The van der Waals surface area contributed by atoms with Crippen LogP contribution in [0.25, 0.3) is 6.08 Å². The number of anilines is 1. The van der Waals surface area contributed by atoms with Crippen molar-refractivity contribution in [2.75, 3.05) is 18.5 Å². The van der Waals surface area contributed by atoms with Crippen LogP contribution >= 0.6 is 0 Å². The number of amides is 1. The zero-order valence-corrected chi connectivity index (χ0v) is 16.2. The van der Waals surface area contributed by atoms with Gasteiger partial charge in [0.2, 0.25) is 5.91 Å². The highest BCUT2D eigenvalue weighted by molar-refractivity contribution is 6.02. The summed E-state index contributed by atoms with van der Waals surface area (Å²) in [7, 11) is 0. The summed E-state index contributed by atoms with van der Waals surface area (Å²) in [5.74, 6) is 1.43. The van der Waals surface area contributed by atoms with E-state index in [1.807, 2.05) is 48.5 Å². The van der Waals surface area contributed by atoms with Gasteiger partial charge in [-0.05, 0) is 49.2 Å². The Morgan fingerprint density at radius 1 is 0.926 bits per heavy atom. The maximum Gasteiger partial charge on any atom is 0.248 e. The highest BCUT2D eigenvalue weighted by Crippen LogP contribution is 2.20. The van der Waals surface area contributed by atoms with Crippen LogP contribution in [-0.4, -0.2) is 19.1 Å². The molecule has 0 aliphatic heterocycles. The molecule has 0 aliphatic rings. The minimum atomic E-state index is -0.182. The molecule has 0 spiro atoms. The van der Waals surface area contributed by atoms with E-state index in [4.69, 9.17) is 9.47 Å². The minimum absolute atomic E-state index is 0.182. The smallest absolute Gasteiger partial charge is 0.248 e. The fourth-order valence-electron chi connectivity index (χ4n) is 2.39. The lowest BCUT2D eigenvalue weighted by Crippen LogP contribution is -2.07. The van der Waals surface area contributed by atoms with Crippen molar-refractivity contribution in [3.63, 3.8) is 0 Å². The van der Waals surface area contributed by atoms with Crippen molar-refractivity contribution in [3.05, 3.63) is 60.2 Å². The first-order valence-corrected chi connectivity index (χ1v) is 9.66. The van der Waals surface area contributed by atoms with Crippen LogP contribution in [-0.2, 0) is 4.79 Å². The summed E-state index contributed by atoms with van der Waals surface area (Å²) in [4.78, 5) is 12.2. The number of ether oxygens (including phenoxy) is 2. The predicted octanol–water partition coefficient (Wildman–Crippen LogP) is 5.70. The molecule has 2 aromatic rings. The molecule has 0 radical (unpaired) electrons. The SMILES string of the molecule is CCCCOc1ccc(NC(=O)/C=C/c2ccccc2OCCCC)cc1. The van der Waals surface area contributed by atoms with E-state index in [-0.39, 0.29) is 5.91 Å². The molecule has 4 heteroatoms. The average molecular weight is 367 g/mol. The third-order valence-electron chi connectivity index (χ3n) is 3.98. The third-order valence-corrected chi connectivity index (χ3v) is 3.98. The van der Waals surface area contributed by atoms with Gasteiger partial charge in [0, 0.05) is 17.3 Å². The molecular weight excluding hydrogens is 338 g/mol. The molecule has 0 aliphatic carbocycles. The van der Waals surface area contributed by atoms with E-state index < -0.39 is 0 Å². The van der Waals surface area contributed by atoms with Gasteiger partial charge in [-0.25, -0.2) is 0 Å². The molecule has 4 nitrogen and oxygen atoms in total. The first kappa shape index (κ1) is 20.6. The number of nitrogens with one attached hydrogen (secondary N) is 1. The van der Waals surface area contributed by atoms with Crippen LogP contribution in [0.15, 0.2) is 54.6 Å². The second-order valence-electron chi connectivity index (χ2n) is 6.29. The van der Waals surface area contributed by atoms with E-state index in [2.05, 4.69) is 19.2 Å². The molecular formula is C23H29NO3. The van der Waals surface area contributed by atoms with Gasteiger partial charge >= 0.3 is 0 Å². The van der Waals surface area contributed by atoms with E-state index >= 15 is 0 Å². The first-order chi connectivity index (χ1) is 13.2. The molecule has 1 N–H and O–H groups in total. The molecule has 2 aromatic carbocycles. The Hall–Kier alpha value is -2.75. The molecule has 0 aromatic heterocycles. The lowest BCUT2D eigenvalue weighted by atomic mass is 10.2. The van der Waals surface area contributed by atoms with Crippen LogP contribution in [0.5, 0.6) is 11.5 Å². The average Bonchev–Trinajstić information content (AvgIpc) is 2.69. The second kappa shape index (κ2) is 11.8. The molecule has 0 unspecified atom stereocenters. The maximum absolute atomic E-state index is 12.2. The Labute approximate surface area is 162 Å². The van der Waals surface area contributed by atoms with Crippen LogP contribution in [0.2, 0.25) is 0 Å². The molecule has 0 atom stereocenters. The van der Waals surface area contributed by atoms with E-state index in [1.54, 1.807) is 6.08 Å². The van der Waals surface area contributed by atoms with Gasteiger partial charge < -0.3 is 14.8 Å². The number of benzene rings is 2. The third kappa shape index (κ3) is 7.57. The molecule has 0 fully saturated rings. The van der Waals surface area contributed by atoms with Crippen molar-refractivity contribution in [1.82, 2.24) is 0 Å². The van der Waals surface area contributed by atoms with Gasteiger partial charge in [0.05, 0.1) is 13.2 Å². The van der Waals surface area contributed by atoms with Gasteiger partial charge in [-0.15, -0.1) is 0 Å². The van der Waals surface area contributed by atoms with Crippen LogP contribution in [0, 0.1) is 0 Å². The fourth-order valence-corrected chi connectivity index (χ4v) is 2.39. The van der Waals surface area contributed by atoms with Gasteiger partial charge in [-0.1, -0.05) is 44.9 Å². The summed E-state index contributed by atoms with van der Waals surface area (Å²) in [5.41, 5.74) is 1.63. The number of rotatable bonds is 11. The highest BCUT2D eigenvalue weighted by atomic mass is 16.5. The van der Waals surface area contributed by atoms with E-state index in [1.165, 1.54) is 6.08 Å². The molecule has 0 heterocycles. The van der Waals surface area contributed by atoms with E-state index in [9.17, 15) is 4.79 Å². The largest absolute Gasteiger partial charge is 0.494 e. The van der Waals surface area contributed by atoms with Crippen molar-refractivity contribution in [2.24, 2.45) is 0 Å². The van der Waals surface area contributed by atoms with Gasteiger partial charge in [-0.3, -0.25) is 4.79 Å². The van der Waals surface area contributed by atoms with Crippen molar-refractivity contribution >= 4 is 17.7 Å². The zero-order valence-electron chi connectivity index (χ0n) is 16.2. The Morgan fingerprint density at radius 3 is 2.30 bits per heavy atom. The summed E-state index contributed by atoms with van der Waals surface area (Å²) < 4.78 is 11.4. The number of hydrogen-bond acceptors (Lipinski definition) is 3. The summed E-state index contributed by atoms with van der Waals surface area (Å²) in [5, 5.41) is 2.86. The number of unbranched alkanes of at least 4 members (excludes halogenated alkanes) is 2. The number of carbonyl (C=O) groups is 1. The topological polar surface area (TPSA) is 47.6 Å². The minimum Gasteiger partial charge on any atom is -0.494 e. The van der Waals surface area contributed by atoms with Gasteiger partial charge in [0.1, 0.15) is 11.5 Å². The molecule has 1 amide bonds. The summed E-state index contributed by atoms with van der Waals surface area (Å²) in [6, 6.07) is 15.1. The van der Waals surface area contributed by atoms with E-state index in [0.717, 1.165) is 48.4 Å². The standard InChI is InChI=1S/C23H29NO3/c1-3-5-17-26-21-14-12-20(13-15-21)24-23(25)16-11-19-9-7-8-10-22(19)27-18-6-4-2/h7-16H,3-6,17-18H2,1-2H3,(H,24,25)/b16-11+. The van der Waals surface area contributed by atoms with Crippen LogP contribution in [0.4, 0.5) is 5.69 Å². The van der Waals surface area contributed by atoms with Crippen molar-refractivity contribution in [1.29, 1.82) is 0 Å². The summed E-state index contributed by atoms with van der Waals surface area (Å²) in [6.45, 7) is 5.65. The highest BCUT2D eigenvalue weighted by Gasteiger charge is 2.02. The van der Waals surface area contributed by atoms with Crippen molar-refractivity contribution in [2.45, 2.75) is 39.5 Å². The second-order valence-corrected chi connectivity index (χ2v) is 6.29. The summed E-state index contributed by atoms with van der Waals surface area (Å²) >= 11 is 0. The van der Waals surface area contributed by atoms with Crippen LogP contribution in [0.3, 0.4) is 0 Å². The fraction of sp³-hybridized carbons (Fsp3) is 0.348. The summed E-state index contributed by atoms with van der Waals surface area (Å²) in [6.07, 6.45) is 7.53. The van der Waals surface area contributed by atoms with Gasteiger partial charge in [0.25, 0.3) is 0 Å². The van der Waals surface area contributed by atoms with Gasteiger partial charge in [0.15, 0.2) is 0 Å². The van der Waals surface area contributed by atoms with Crippen LogP contribution in [0.1, 0.15) is 45.1 Å². The molecule has 144 valence electrons. The molecule has 0 saturated heterocycles. The van der Waals surface area contributed by atoms with E-state index in [0.29, 0.717) is 13.2 Å². The Morgan fingerprint density at radius 2 is 1.59 bits per heavy atom. The molecule has 2 rings (SSSR count). The maximum atomic E-state index is 12.2. The Bertz CT molecular complexity index is 723. The Kier molecular flexibility index (Phi) is 8.98. The lowest BCUT2D eigenvalue weighted by Gasteiger charge is -2.08.